The lowest BCUT2D eigenvalue weighted by molar-refractivity contribution is 0.123. The van der Waals surface area contributed by atoms with Crippen LogP contribution in [-0.2, 0) is 13.1 Å². The van der Waals surface area contributed by atoms with Crippen LogP contribution in [-0.4, -0.2) is 36.0 Å². The summed E-state index contributed by atoms with van der Waals surface area (Å²) in [6, 6.07) is 13.0. The first-order valence-electron chi connectivity index (χ1n) is 7.01. The van der Waals surface area contributed by atoms with Gasteiger partial charge in [-0.2, -0.15) is 0 Å². The average molecular weight is 351 g/mol. The lowest BCUT2D eigenvalue weighted by Crippen LogP contribution is -2.45. The maximum Gasteiger partial charge on any atom is 0.0329 e. The predicted octanol–water partition coefficient (Wildman–Crippen LogP) is 3.83. The normalized spacial score (nSPS) is 17.4. The van der Waals surface area contributed by atoms with Crippen molar-refractivity contribution in [2.24, 2.45) is 0 Å². The van der Waals surface area contributed by atoms with Gasteiger partial charge in [0.05, 0.1) is 0 Å². The monoisotopic (exact) mass is 350 g/mol. The molecule has 4 heteroatoms. The van der Waals surface area contributed by atoms with Gasteiger partial charge in [0.1, 0.15) is 0 Å². The third-order valence-corrected chi connectivity index (χ3v) is 5.40. The van der Waals surface area contributed by atoms with Crippen LogP contribution >= 0.6 is 27.3 Å². The van der Waals surface area contributed by atoms with Gasteiger partial charge in [0.25, 0.3) is 0 Å². The fourth-order valence-corrected chi connectivity index (χ4v) is 4.10. The van der Waals surface area contributed by atoms with E-state index in [9.17, 15) is 0 Å². The smallest absolute Gasteiger partial charge is 0.0329 e. The number of hydrogen-bond acceptors (Lipinski definition) is 3. The van der Waals surface area contributed by atoms with E-state index in [0.29, 0.717) is 0 Å². The molecule has 0 unspecified atom stereocenters. The first-order chi connectivity index (χ1) is 9.79. The van der Waals surface area contributed by atoms with Crippen molar-refractivity contribution < 1.29 is 0 Å². The lowest BCUT2D eigenvalue weighted by atomic mass is 10.2. The molecule has 20 heavy (non-hydrogen) atoms. The number of nitrogens with zero attached hydrogens (tertiary/aromatic N) is 2. The van der Waals surface area contributed by atoms with Crippen molar-refractivity contribution in [1.82, 2.24) is 9.80 Å². The maximum absolute atomic E-state index is 3.53. The van der Waals surface area contributed by atoms with E-state index in [4.69, 9.17) is 0 Å². The minimum absolute atomic E-state index is 1.08. The Morgan fingerprint density at radius 2 is 1.60 bits per heavy atom. The summed E-state index contributed by atoms with van der Waals surface area (Å²) in [5, 5.41) is 2.17. The van der Waals surface area contributed by atoms with Gasteiger partial charge in [-0.15, -0.1) is 11.3 Å². The van der Waals surface area contributed by atoms with Gasteiger partial charge in [0.2, 0.25) is 0 Å². The Bertz CT molecular complexity index is 532. The molecule has 106 valence electrons. The molecule has 0 amide bonds. The van der Waals surface area contributed by atoms with E-state index < -0.39 is 0 Å². The molecule has 1 saturated heterocycles. The minimum Gasteiger partial charge on any atom is -0.297 e. The Morgan fingerprint density at radius 1 is 0.950 bits per heavy atom. The molecule has 0 atom stereocenters. The zero-order valence-electron chi connectivity index (χ0n) is 11.5. The van der Waals surface area contributed by atoms with Gasteiger partial charge in [-0.3, -0.25) is 9.80 Å². The average Bonchev–Trinajstić information content (AvgIpc) is 2.88. The van der Waals surface area contributed by atoms with Gasteiger partial charge < -0.3 is 0 Å². The molecule has 0 spiro atoms. The van der Waals surface area contributed by atoms with Crippen LogP contribution in [0.4, 0.5) is 0 Å². The summed E-state index contributed by atoms with van der Waals surface area (Å²) in [4.78, 5) is 6.56. The molecule has 0 saturated carbocycles. The molecule has 0 radical (unpaired) electrons. The number of piperazine rings is 1. The summed E-state index contributed by atoms with van der Waals surface area (Å²) >= 11 is 5.37. The van der Waals surface area contributed by atoms with E-state index in [0.717, 1.165) is 13.1 Å². The van der Waals surface area contributed by atoms with Crippen molar-refractivity contribution >= 4 is 27.3 Å². The Hall–Kier alpha value is -0.680. The largest absolute Gasteiger partial charge is 0.297 e. The van der Waals surface area contributed by atoms with Crippen LogP contribution in [0.5, 0.6) is 0 Å². The Kier molecular flexibility index (Phi) is 4.89. The van der Waals surface area contributed by atoms with Crippen LogP contribution in [0, 0.1) is 0 Å². The molecule has 0 bridgehead atoms. The number of thiophene rings is 1. The molecule has 0 N–H and O–H groups in total. The van der Waals surface area contributed by atoms with Gasteiger partial charge in [0, 0.05) is 54.0 Å². The highest BCUT2D eigenvalue weighted by molar-refractivity contribution is 9.10. The Labute approximate surface area is 133 Å². The highest BCUT2D eigenvalue weighted by Gasteiger charge is 2.17. The van der Waals surface area contributed by atoms with Crippen LogP contribution < -0.4 is 0 Å². The molecule has 1 fully saturated rings. The number of benzene rings is 1. The van der Waals surface area contributed by atoms with Gasteiger partial charge in [-0.25, -0.2) is 0 Å². The van der Waals surface area contributed by atoms with E-state index in [1.54, 1.807) is 0 Å². The van der Waals surface area contributed by atoms with E-state index in [1.807, 2.05) is 11.3 Å². The third kappa shape index (κ3) is 3.92. The second-order valence-corrected chi connectivity index (χ2v) is 7.18. The second kappa shape index (κ2) is 6.85. The minimum atomic E-state index is 1.08. The zero-order valence-corrected chi connectivity index (χ0v) is 13.9. The van der Waals surface area contributed by atoms with E-state index in [1.165, 1.54) is 41.1 Å². The molecule has 2 heterocycles. The van der Waals surface area contributed by atoms with Crippen LogP contribution in [0.1, 0.15) is 10.4 Å². The highest BCUT2D eigenvalue weighted by atomic mass is 79.9. The van der Waals surface area contributed by atoms with Crippen LogP contribution in [0.2, 0.25) is 0 Å². The molecular formula is C16H19BrN2S. The number of halogens is 1. The Morgan fingerprint density at radius 3 is 2.20 bits per heavy atom. The first kappa shape index (κ1) is 14.3. The van der Waals surface area contributed by atoms with E-state index in [2.05, 4.69) is 67.5 Å². The summed E-state index contributed by atoms with van der Waals surface area (Å²) in [5.41, 5.74) is 1.42. The van der Waals surface area contributed by atoms with Crippen molar-refractivity contribution in [2.75, 3.05) is 26.2 Å². The van der Waals surface area contributed by atoms with Crippen molar-refractivity contribution in [1.29, 1.82) is 0 Å². The topological polar surface area (TPSA) is 6.48 Å². The quantitative estimate of drug-likeness (QED) is 0.826. The van der Waals surface area contributed by atoms with E-state index >= 15 is 0 Å². The number of hydrogen-bond donors (Lipinski definition) is 0. The van der Waals surface area contributed by atoms with Crippen molar-refractivity contribution in [3.8, 4) is 0 Å². The molecule has 0 aliphatic carbocycles. The molecule has 3 rings (SSSR count). The highest BCUT2D eigenvalue weighted by Crippen LogP contribution is 2.21. The molecular weight excluding hydrogens is 332 g/mol. The van der Waals surface area contributed by atoms with Gasteiger partial charge in [0.15, 0.2) is 0 Å². The molecule has 2 nitrogen and oxygen atoms in total. The van der Waals surface area contributed by atoms with Crippen LogP contribution in [0.25, 0.3) is 0 Å². The predicted molar refractivity (Wildman–Crippen MR) is 89.0 cm³/mol. The number of rotatable bonds is 4. The van der Waals surface area contributed by atoms with Crippen molar-refractivity contribution in [2.45, 2.75) is 13.1 Å². The summed E-state index contributed by atoms with van der Waals surface area (Å²) < 4.78 is 1.21. The third-order valence-electron chi connectivity index (χ3n) is 3.72. The fraction of sp³-hybridized carbons (Fsp3) is 0.375. The SMILES string of the molecule is Brc1csc(CN2CCN(Cc3ccccc3)CC2)c1. The van der Waals surface area contributed by atoms with Crippen molar-refractivity contribution in [3.05, 3.63) is 56.7 Å². The first-order valence-corrected chi connectivity index (χ1v) is 8.68. The summed E-state index contributed by atoms with van der Waals surface area (Å²) in [6.45, 7) is 6.85. The summed E-state index contributed by atoms with van der Waals surface area (Å²) in [5.74, 6) is 0. The molecule has 2 aromatic rings. The summed E-state index contributed by atoms with van der Waals surface area (Å²) in [6.07, 6.45) is 0. The standard InChI is InChI=1S/C16H19BrN2S/c17-15-10-16(20-13-15)12-19-8-6-18(7-9-19)11-14-4-2-1-3-5-14/h1-5,10,13H,6-9,11-12H2. The summed E-state index contributed by atoms with van der Waals surface area (Å²) in [7, 11) is 0. The van der Waals surface area contributed by atoms with Gasteiger partial charge >= 0.3 is 0 Å². The molecule has 1 aliphatic rings. The molecule has 1 aromatic carbocycles. The van der Waals surface area contributed by atoms with Crippen LogP contribution in [0.15, 0.2) is 46.3 Å². The van der Waals surface area contributed by atoms with Crippen molar-refractivity contribution in [3.63, 3.8) is 0 Å². The van der Waals surface area contributed by atoms with E-state index in [-0.39, 0.29) is 0 Å². The fourth-order valence-electron chi connectivity index (χ4n) is 2.60. The second-order valence-electron chi connectivity index (χ2n) is 5.27. The Balaban J connectivity index is 1.47. The lowest BCUT2D eigenvalue weighted by Gasteiger charge is -2.34. The van der Waals surface area contributed by atoms with Crippen LogP contribution in [0.3, 0.4) is 0 Å². The van der Waals surface area contributed by atoms with Gasteiger partial charge in [-0.05, 0) is 27.6 Å². The molecule has 1 aromatic heterocycles. The van der Waals surface area contributed by atoms with Gasteiger partial charge in [-0.1, -0.05) is 30.3 Å². The molecule has 1 aliphatic heterocycles. The maximum atomic E-state index is 3.53. The zero-order chi connectivity index (χ0) is 13.8.